The zero-order valence-electron chi connectivity index (χ0n) is 25.1. The Morgan fingerprint density at radius 3 is 2.64 bits per heavy atom. The summed E-state index contributed by atoms with van der Waals surface area (Å²) >= 11 is 0. The molecule has 1 fully saturated rings. The molecule has 0 radical (unpaired) electrons. The maximum atomic E-state index is 14.7. The third kappa shape index (κ3) is 5.91. The Hall–Kier alpha value is -4.67. The van der Waals surface area contributed by atoms with Crippen LogP contribution in [0.25, 0.3) is 55.7 Å². The predicted molar refractivity (Wildman–Crippen MR) is 174 cm³/mol. The van der Waals surface area contributed by atoms with Gasteiger partial charge in [0.05, 0.1) is 28.6 Å². The van der Waals surface area contributed by atoms with Crippen molar-refractivity contribution in [2.75, 3.05) is 45.6 Å². The van der Waals surface area contributed by atoms with Gasteiger partial charge in [-0.15, -0.1) is 0 Å². The summed E-state index contributed by atoms with van der Waals surface area (Å²) in [6.07, 6.45) is 11.2. The van der Waals surface area contributed by atoms with Gasteiger partial charge in [-0.1, -0.05) is 6.42 Å². The first-order chi connectivity index (χ1) is 21.5. The summed E-state index contributed by atoms with van der Waals surface area (Å²) in [4.78, 5) is 22.1. The molecule has 1 saturated heterocycles. The largest absolute Gasteiger partial charge is 0.384 e. The summed E-state index contributed by atoms with van der Waals surface area (Å²) in [6.45, 7) is 4.75. The van der Waals surface area contributed by atoms with Gasteiger partial charge in [0.25, 0.3) is 0 Å². The van der Waals surface area contributed by atoms with Crippen LogP contribution < -0.4 is 5.32 Å². The Balaban J connectivity index is 1.21. The van der Waals surface area contributed by atoms with E-state index in [1.54, 1.807) is 18.5 Å². The molecule has 10 heteroatoms. The van der Waals surface area contributed by atoms with Gasteiger partial charge in [0, 0.05) is 60.4 Å². The predicted octanol–water partition coefficient (Wildman–Crippen LogP) is 6.33. The van der Waals surface area contributed by atoms with Gasteiger partial charge in [0.2, 0.25) is 0 Å². The van der Waals surface area contributed by atoms with Crippen LogP contribution in [0.5, 0.6) is 0 Å². The summed E-state index contributed by atoms with van der Waals surface area (Å²) in [5.74, 6) is -0.299. The number of aromatic nitrogens is 6. The summed E-state index contributed by atoms with van der Waals surface area (Å²) in [5, 5.41) is 12.0. The second-order valence-corrected chi connectivity index (χ2v) is 11.9. The van der Waals surface area contributed by atoms with Gasteiger partial charge in [-0.25, -0.2) is 9.37 Å². The molecule has 3 N–H and O–H groups in total. The highest BCUT2D eigenvalue weighted by Crippen LogP contribution is 2.35. The van der Waals surface area contributed by atoms with Crippen molar-refractivity contribution >= 4 is 27.6 Å². The van der Waals surface area contributed by atoms with Crippen LogP contribution in [0.1, 0.15) is 24.8 Å². The molecule has 0 saturated carbocycles. The number of hydrogen-bond acceptors (Lipinski definition) is 7. The molecule has 1 aliphatic heterocycles. The molecule has 0 spiro atoms. The lowest BCUT2D eigenvalue weighted by molar-refractivity contribution is 0.220. The molecule has 1 aromatic carbocycles. The maximum Gasteiger partial charge on any atom is 0.135 e. The number of fused-ring (bicyclic) bond motifs is 2. The van der Waals surface area contributed by atoms with E-state index in [4.69, 9.17) is 4.98 Å². The van der Waals surface area contributed by atoms with Crippen molar-refractivity contribution in [3.05, 3.63) is 78.6 Å². The first-order valence-corrected chi connectivity index (χ1v) is 15.2. The number of aromatic amines is 2. The highest BCUT2D eigenvalue weighted by atomic mass is 19.1. The molecule has 0 aliphatic carbocycles. The second kappa shape index (κ2) is 12.1. The molecular formula is C34H36FN9. The first kappa shape index (κ1) is 28.1. The topological polar surface area (TPSA) is 102 Å². The van der Waals surface area contributed by atoms with E-state index in [0.717, 1.165) is 81.9 Å². The van der Waals surface area contributed by atoms with Gasteiger partial charge in [0.15, 0.2) is 0 Å². The van der Waals surface area contributed by atoms with E-state index in [0.29, 0.717) is 12.2 Å². The van der Waals surface area contributed by atoms with E-state index in [1.165, 1.54) is 30.9 Å². The van der Waals surface area contributed by atoms with E-state index in [1.807, 2.05) is 50.8 Å². The molecule has 224 valence electrons. The minimum Gasteiger partial charge on any atom is -0.384 e. The van der Waals surface area contributed by atoms with Gasteiger partial charge in [-0.2, -0.15) is 5.10 Å². The fraction of sp³-hybridized carbons (Fsp3) is 0.294. The molecule has 0 atom stereocenters. The average molecular weight is 590 g/mol. The number of anilines is 1. The number of H-pyrrole nitrogens is 2. The van der Waals surface area contributed by atoms with Crippen LogP contribution in [0.2, 0.25) is 0 Å². The number of nitrogens with zero attached hydrogens (tertiary/aromatic N) is 6. The summed E-state index contributed by atoms with van der Waals surface area (Å²) in [6, 6.07) is 13.3. The van der Waals surface area contributed by atoms with Crippen LogP contribution in [-0.4, -0.2) is 80.2 Å². The smallest absolute Gasteiger partial charge is 0.135 e. The van der Waals surface area contributed by atoms with Crippen molar-refractivity contribution in [1.29, 1.82) is 0 Å². The molecule has 0 amide bonds. The fourth-order valence-corrected chi connectivity index (χ4v) is 6.02. The standard InChI is InChI=1S/C34H36FN9/c1-43(2)11-8-38-26-14-23(13-25(35)15-26)28-19-37-20-32-27(28)16-31(39-32)34-33-30(41-42-34)7-6-29(40-33)24-12-22(17-36-18-24)21-44-9-4-3-5-10-44/h6-7,12-20,38-39H,3-5,8-11,21H2,1-2H3,(H,41,42). The molecular weight excluding hydrogens is 553 g/mol. The van der Waals surface area contributed by atoms with E-state index >= 15 is 0 Å². The molecule has 1 aliphatic rings. The zero-order chi connectivity index (χ0) is 30.0. The SMILES string of the molecule is CN(C)CCNc1cc(F)cc(-c2cncc3[nH]c(-c4n[nH]c5ccc(-c6cncc(CN7CCCCC7)c6)nc45)cc23)c1. The first-order valence-electron chi connectivity index (χ1n) is 15.2. The number of rotatable bonds is 9. The molecule has 6 heterocycles. The van der Waals surface area contributed by atoms with Gasteiger partial charge < -0.3 is 15.2 Å². The fourth-order valence-electron chi connectivity index (χ4n) is 6.02. The third-order valence-corrected chi connectivity index (χ3v) is 8.25. The minimum absolute atomic E-state index is 0.299. The second-order valence-electron chi connectivity index (χ2n) is 11.9. The van der Waals surface area contributed by atoms with E-state index in [9.17, 15) is 4.39 Å². The molecule has 44 heavy (non-hydrogen) atoms. The van der Waals surface area contributed by atoms with E-state index < -0.39 is 0 Å². The Morgan fingerprint density at radius 1 is 0.909 bits per heavy atom. The Morgan fingerprint density at radius 2 is 1.77 bits per heavy atom. The number of halogens is 1. The highest BCUT2D eigenvalue weighted by Gasteiger charge is 2.17. The minimum atomic E-state index is -0.299. The number of benzene rings is 1. The average Bonchev–Trinajstić information content (AvgIpc) is 3.65. The van der Waals surface area contributed by atoms with E-state index in [-0.39, 0.29) is 5.82 Å². The molecule has 5 aromatic heterocycles. The van der Waals surface area contributed by atoms with Crippen LogP contribution in [0.15, 0.2) is 67.3 Å². The number of pyridine rings is 3. The van der Waals surface area contributed by atoms with Crippen molar-refractivity contribution in [2.24, 2.45) is 0 Å². The maximum absolute atomic E-state index is 14.7. The lowest BCUT2D eigenvalue weighted by Gasteiger charge is -2.26. The Kier molecular flexibility index (Phi) is 7.76. The molecule has 0 unspecified atom stereocenters. The highest BCUT2D eigenvalue weighted by molar-refractivity contribution is 6.00. The van der Waals surface area contributed by atoms with E-state index in [2.05, 4.69) is 46.3 Å². The van der Waals surface area contributed by atoms with Crippen LogP contribution in [0, 0.1) is 5.82 Å². The Labute approximate surface area is 255 Å². The number of hydrogen-bond donors (Lipinski definition) is 3. The van der Waals surface area contributed by atoms with Gasteiger partial charge in [-0.05, 0) is 93.6 Å². The molecule has 9 nitrogen and oxygen atoms in total. The van der Waals surface area contributed by atoms with Crippen molar-refractivity contribution in [2.45, 2.75) is 25.8 Å². The molecule has 0 bridgehead atoms. The normalized spacial score (nSPS) is 14.2. The van der Waals surface area contributed by atoms with Crippen LogP contribution in [0.3, 0.4) is 0 Å². The molecule has 7 rings (SSSR count). The van der Waals surface area contributed by atoms with Crippen molar-refractivity contribution < 1.29 is 4.39 Å². The monoisotopic (exact) mass is 589 g/mol. The van der Waals surface area contributed by atoms with Crippen molar-refractivity contribution in [3.8, 4) is 33.8 Å². The van der Waals surface area contributed by atoms with Crippen LogP contribution in [-0.2, 0) is 6.54 Å². The summed E-state index contributed by atoms with van der Waals surface area (Å²) in [5.41, 5.74) is 9.33. The third-order valence-electron chi connectivity index (χ3n) is 8.25. The van der Waals surface area contributed by atoms with Gasteiger partial charge in [-0.3, -0.25) is 20.0 Å². The molecule has 6 aromatic rings. The number of nitrogens with one attached hydrogen (secondary N) is 3. The number of likely N-dealkylation sites (tertiary alicyclic amines) is 1. The number of piperidine rings is 1. The van der Waals surface area contributed by atoms with Crippen LogP contribution in [0.4, 0.5) is 10.1 Å². The lowest BCUT2D eigenvalue weighted by Crippen LogP contribution is -2.29. The Bertz CT molecular complexity index is 1920. The summed E-state index contributed by atoms with van der Waals surface area (Å²) in [7, 11) is 4.03. The van der Waals surface area contributed by atoms with Crippen molar-refractivity contribution in [1.82, 2.24) is 39.9 Å². The zero-order valence-corrected chi connectivity index (χ0v) is 25.1. The number of likely N-dealkylation sites (N-methyl/N-ethyl adjacent to an activating group) is 1. The summed E-state index contributed by atoms with van der Waals surface area (Å²) < 4.78 is 14.7. The van der Waals surface area contributed by atoms with Crippen molar-refractivity contribution in [3.63, 3.8) is 0 Å². The quantitative estimate of drug-likeness (QED) is 0.181. The van der Waals surface area contributed by atoms with Crippen LogP contribution >= 0.6 is 0 Å². The van der Waals surface area contributed by atoms with Gasteiger partial charge in [0.1, 0.15) is 17.0 Å². The van der Waals surface area contributed by atoms with Gasteiger partial charge >= 0.3 is 0 Å². The lowest BCUT2D eigenvalue weighted by atomic mass is 10.0.